The first-order chi connectivity index (χ1) is 10.5. The number of rotatable bonds is 3. The normalized spacial score (nSPS) is 29.4. The minimum Gasteiger partial charge on any atom is -0.469 e. The van der Waals surface area contributed by atoms with Gasteiger partial charge in [-0.3, -0.25) is 14.8 Å². The largest absolute Gasteiger partial charge is 0.469 e. The summed E-state index contributed by atoms with van der Waals surface area (Å²) in [5.41, 5.74) is 0.961. The molecule has 2 aliphatic carbocycles. The molecule has 2 saturated carbocycles. The van der Waals surface area contributed by atoms with Crippen LogP contribution in [0.5, 0.6) is 0 Å². The number of carbonyl (C=O) groups excluding carboxylic acids is 2. The van der Waals surface area contributed by atoms with Crippen LogP contribution in [0.15, 0.2) is 6.07 Å². The van der Waals surface area contributed by atoms with Gasteiger partial charge in [-0.05, 0) is 38.0 Å². The van der Waals surface area contributed by atoms with Gasteiger partial charge in [0.1, 0.15) is 0 Å². The van der Waals surface area contributed by atoms with Crippen molar-refractivity contribution in [3.05, 3.63) is 11.8 Å². The highest BCUT2D eigenvalue weighted by Crippen LogP contribution is 2.48. The lowest BCUT2D eigenvalue weighted by molar-refractivity contribution is -0.148. The molecule has 2 fully saturated rings. The Kier molecular flexibility index (Phi) is 3.80. The number of aromatic nitrogens is 2. The van der Waals surface area contributed by atoms with E-state index in [1.54, 1.807) is 10.7 Å². The van der Waals surface area contributed by atoms with Crippen molar-refractivity contribution in [2.24, 2.45) is 24.8 Å². The SMILES string of the molecule is COC(=O)[C@H]1[C@H]2CC[C@@H](C2)[C@H]1NC(=O)Nc1cc(C)n(C)n1. The molecule has 2 aliphatic rings. The van der Waals surface area contributed by atoms with E-state index in [0.717, 1.165) is 25.0 Å². The number of fused-ring (bicyclic) bond motifs is 2. The van der Waals surface area contributed by atoms with Crippen LogP contribution in [-0.4, -0.2) is 34.9 Å². The Morgan fingerprint density at radius 2 is 2.09 bits per heavy atom. The number of esters is 1. The molecule has 4 atom stereocenters. The van der Waals surface area contributed by atoms with E-state index in [-0.39, 0.29) is 24.0 Å². The van der Waals surface area contributed by atoms with Crippen LogP contribution in [0.4, 0.5) is 10.6 Å². The third-order valence-corrected chi connectivity index (χ3v) is 5.04. The molecular weight excluding hydrogens is 284 g/mol. The molecule has 1 aromatic heterocycles. The zero-order chi connectivity index (χ0) is 15.9. The van der Waals surface area contributed by atoms with Crippen molar-refractivity contribution in [1.82, 2.24) is 15.1 Å². The van der Waals surface area contributed by atoms with E-state index in [4.69, 9.17) is 4.74 Å². The Morgan fingerprint density at radius 1 is 1.36 bits per heavy atom. The second-order valence-corrected chi connectivity index (χ2v) is 6.30. The van der Waals surface area contributed by atoms with Crippen LogP contribution < -0.4 is 10.6 Å². The number of aryl methyl sites for hydroxylation is 2. The highest BCUT2D eigenvalue weighted by atomic mass is 16.5. The number of urea groups is 1. The molecule has 2 amide bonds. The van der Waals surface area contributed by atoms with E-state index in [2.05, 4.69) is 15.7 Å². The number of ether oxygens (including phenoxy) is 1. The average Bonchev–Trinajstić information content (AvgIpc) is 3.14. The molecule has 120 valence electrons. The number of anilines is 1. The van der Waals surface area contributed by atoms with Crippen molar-refractivity contribution < 1.29 is 14.3 Å². The fourth-order valence-corrected chi connectivity index (χ4v) is 3.90. The summed E-state index contributed by atoms with van der Waals surface area (Å²) in [6.45, 7) is 1.92. The summed E-state index contributed by atoms with van der Waals surface area (Å²) >= 11 is 0. The monoisotopic (exact) mass is 306 g/mol. The molecule has 22 heavy (non-hydrogen) atoms. The van der Waals surface area contributed by atoms with Crippen LogP contribution in [0.1, 0.15) is 25.0 Å². The molecular formula is C15H22N4O3. The lowest BCUT2D eigenvalue weighted by Crippen LogP contribution is -2.48. The van der Waals surface area contributed by atoms with Crippen molar-refractivity contribution in [2.45, 2.75) is 32.2 Å². The zero-order valence-electron chi connectivity index (χ0n) is 13.1. The van der Waals surface area contributed by atoms with E-state index in [0.29, 0.717) is 17.7 Å². The van der Waals surface area contributed by atoms with Crippen molar-refractivity contribution in [2.75, 3.05) is 12.4 Å². The van der Waals surface area contributed by atoms with E-state index >= 15 is 0 Å². The predicted octanol–water partition coefficient (Wildman–Crippen LogP) is 1.44. The van der Waals surface area contributed by atoms with E-state index < -0.39 is 0 Å². The lowest BCUT2D eigenvalue weighted by Gasteiger charge is -2.29. The molecule has 0 radical (unpaired) electrons. The van der Waals surface area contributed by atoms with Gasteiger partial charge in [0.2, 0.25) is 0 Å². The van der Waals surface area contributed by atoms with Gasteiger partial charge in [-0.1, -0.05) is 0 Å². The summed E-state index contributed by atoms with van der Waals surface area (Å²) in [6.07, 6.45) is 3.10. The third-order valence-electron chi connectivity index (χ3n) is 5.04. The molecule has 2 N–H and O–H groups in total. The molecule has 1 aromatic rings. The number of methoxy groups -OCH3 is 1. The highest BCUT2D eigenvalue weighted by molar-refractivity contribution is 5.89. The maximum Gasteiger partial charge on any atom is 0.320 e. The predicted molar refractivity (Wildman–Crippen MR) is 80.2 cm³/mol. The minimum atomic E-state index is -0.315. The second kappa shape index (κ2) is 5.62. The van der Waals surface area contributed by atoms with Crippen molar-refractivity contribution in [3.8, 4) is 0 Å². The first-order valence-corrected chi connectivity index (χ1v) is 7.65. The van der Waals surface area contributed by atoms with Gasteiger partial charge in [0.25, 0.3) is 0 Å². The first-order valence-electron chi connectivity index (χ1n) is 7.65. The van der Waals surface area contributed by atoms with Crippen LogP contribution in [0.25, 0.3) is 0 Å². The van der Waals surface area contributed by atoms with Crippen LogP contribution in [0.2, 0.25) is 0 Å². The highest BCUT2D eigenvalue weighted by Gasteiger charge is 2.52. The maximum absolute atomic E-state index is 12.2. The summed E-state index contributed by atoms with van der Waals surface area (Å²) in [5, 5.41) is 9.88. The smallest absolute Gasteiger partial charge is 0.320 e. The molecule has 1 heterocycles. The molecule has 7 heteroatoms. The van der Waals surface area contributed by atoms with Crippen molar-refractivity contribution in [3.63, 3.8) is 0 Å². The van der Waals surface area contributed by atoms with Crippen molar-refractivity contribution in [1.29, 1.82) is 0 Å². The maximum atomic E-state index is 12.2. The number of hydrogen-bond donors (Lipinski definition) is 2. The average molecular weight is 306 g/mol. The molecule has 0 saturated heterocycles. The second-order valence-electron chi connectivity index (χ2n) is 6.30. The summed E-state index contributed by atoms with van der Waals surface area (Å²) in [7, 11) is 3.23. The van der Waals surface area contributed by atoms with Crippen LogP contribution in [0, 0.1) is 24.7 Å². The number of nitrogens with one attached hydrogen (secondary N) is 2. The lowest BCUT2D eigenvalue weighted by atomic mass is 9.84. The Morgan fingerprint density at radius 3 is 2.73 bits per heavy atom. The van der Waals surface area contributed by atoms with Gasteiger partial charge in [0.15, 0.2) is 5.82 Å². The van der Waals surface area contributed by atoms with Gasteiger partial charge in [0.05, 0.1) is 13.0 Å². The number of amides is 2. The first kappa shape index (κ1) is 14.9. The summed E-state index contributed by atoms with van der Waals surface area (Å²) in [5.74, 6) is 0.770. The van der Waals surface area contributed by atoms with Gasteiger partial charge < -0.3 is 10.1 Å². The Balaban J connectivity index is 1.66. The molecule has 7 nitrogen and oxygen atoms in total. The van der Waals surface area contributed by atoms with Gasteiger partial charge in [-0.2, -0.15) is 5.10 Å². The van der Waals surface area contributed by atoms with Gasteiger partial charge in [0, 0.05) is 24.8 Å². The van der Waals surface area contributed by atoms with Crippen LogP contribution >= 0.6 is 0 Å². The van der Waals surface area contributed by atoms with E-state index in [1.165, 1.54) is 7.11 Å². The summed E-state index contributed by atoms with van der Waals surface area (Å²) < 4.78 is 6.61. The molecule has 0 spiro atoms. The van der Waals surface area contributed by atoms with Crippen molar-refractivity contribution >= 4 is 17.8 Å². The minimum absolute atomic E-state index is 0.143. The topological polar surface area (TPSA) is 85.2 Å². The standard InChI is InChI=1S/C15H22N4O3/c1-8-6-11(18-19(8)2)16-15(21)17-13-10-5-4-9(7-10)12(13)14(20)22-3/h6,9-10,12-13H,4-5,7H2,1-3H3,(H2,16,17,18,21)/t9-,10-,12-,13+/m0/s1. The summed E-state index contributed by atoms with van der Waals surface area (Å²) in [6, 6.07) is 1.35. The molecule has 0 unspecified atom stereocenters. The Hall–Kier alpha value is -2.05. The summed E-state index contributed by atoms with van der Waals surface area (Å²) in [4.78, 5) is 24.2. The number of hydrogen-bond acceptors (Lipinski definition) is 4. The van der Waals surface area contributed by atoms with E-state index in [9.17, 15) is 9.59 Å². The Labute approximate surface area is 129 Å². The fraction of sp³-hybridized carbons (Fsp3) is 0.667. The van der Waals surface area contributed by atoms with Gasteiger partial charge in [-0.25, -0.2) is 4.79 Å². The van der Waals surface area contributed by atoms with E-state index in [1.807, 2.05) is 14.0 Å². The third kappa shape index (κ3) is 2.55. The van der Waals surface area contributed by atoms with Gasteiger partial charge in [-0.15, -0.1) is 0 Å². The van der Waals surface area contributed by atoms with Gasteiger partial charge >= 0.3 is 12.0 Å². The zero-order valence-corrected chi connectivity index (χ0v) is 13.1. The van der Waals surface area contributed by atoms with Crippen LogP contribution in [0.3, 0.4) is 0 Å². The molecule has 0 aliphatic heterocycles. The molecule has 2 bridgehead atoms. The molecule has 3 rings (SSSR count). The Bertz CT molecular complexity index is 578. The van der Waals surface area contributed by atoms with Crippen LogP contribution in [-0.2, 0) is 16.6 Å². The number of nitrogens with zero attached hydrogens (tertiary/aromatic N) is 2. The fourth-order valence-electron chi connectivity index (χ4n) is 3.90. The quantitative estimate of drug-likeness (QED) is 0.827. The number of carbonyl (C=O) groups is 2. The molecule has 0 aromatic carbocycles.